The van der Waals surface area contributed by atoms with E-state index in [0.717, 1.165) is 44.2 Å². The van der Waals surface area contributed by atoms with E-state index in [1.165, 1.54) is 35.9 Å². The molecule has 7 rings (SSSR count). The van der Waals surface area contributed by atoms with Gasteiger partial charge in [0.1, 0.15) is 12.1 Å². The highest BCUT2D eigenvalue weighted by Crippen LogP contribution is 2.38. The van der Waals surface area contributed by atoms with E-state index in [2.05, 4.69) is 104 Å². The van der Waals surface area contributed by atoms with Gasteiger partial charge in [0.05, 0.1) is 27.8 Å². The van der Waals surface area contributed by atoms with Gasteiger partial charge >= 0.3 is 0 Å². The van der Waals surface area contributed by atoms with E-state index in [9.17, 15) is 10.5 Å². The van der Waals surface area contributed by atoms with Crippen LogP contribution in [0, 0.1) is 29.6 Å². The number of hydrogen-bond donors (Lipinski definition) is 0. The maximum absolute atomic E-state index is 9.32. The molecule has 3 aromatic heterocycles. The Morgan fingerprint density at radius 3 is 1.90 bits per heavy atom. The van der Waals surface area contributed by atoms with Crippen molar-refractivity contribution >= 4 is 21.8 Å². The highest BCUT2D eigenvalue weighted by Gasteiger charge is 2.19. The Balaban J connectivity index is 1.49. The van der Waals surface area contributed by atoms with Crippen molar-refractivity contribution in [1.29, 1.82) is 10.5 Å². The molecule has 0 saturated carbocycles. The van der Waals surface area contributed by atoms with Crippen molar-refractivity contribution in [2.75, 3.05) is 0 Å². The number of hydrogen-bond acceptors (Lipinski definition) is 6. The first-order valence-corrected chi connectivity index (χ1v) is 13.3. The molecule has 0 aliphatic heterocycles. The third kappa shape index (κ3) is 4.14. The Bertz CT molecular complexity index is 2220. The van der Waals surface area contributed by atoms with Crippen LogP contribution in [0.4, 0.5) is 0 Å². The van der Waals surface area contributed by atoms with E-state index in [1.54, 1.807) is 0 Å². The molecule has 0 bridgehead atoms. The van der Waals surface area contributed by atoms with Crippen LogP contribution in [0.2, 0.25) is 0 Å². The zero-order valence-corrected chi connectivity index (χ0v) is 22.5. The fraction of sp³-hybridized carbons (Fsp3) is 0.0286. The number of benzene rings is 4. The molecule has 42 heavy (non-hydrogen) atoms. The molecular formula is C35H21N7. The molecule has 0 amide bonds. The largest absolute Gasteiger partial charge is 0.309 e. The van der Waals surface area contributed by atoms with Crippen molar-refractivity contribution in [3.63, 3.8) is 0 Å². The lowest BCUT2D eigenvalue weighted by atomic mass is 9.99. The molecule has 3 heterocycles. The molecule has 4 aromatic carbocycles. The molecule has 0 N–H and O–H groups in total. The topological polar surface area (TPSA) is 104 Å². The van der Waals surface area contributed by atoms with Crippen LogP contribution < -0.4 is 0 Å². The maximum atomic E-state index is 9.32. The van der Waals surface area contributed by atoms with Gasteiger partial charge in [-0.3, -0.25) is 0 Å². The maximum Gasteiger partial charge on any atom is 0.161 e. The molecule has 7 nitrogen and oxygen atoms in total. The Labute approximate surface area is 241 Å². The van der Waals surface area contributed by atoms with Crippen molar-refractivity contribution in [1.82, 2.24) is 24.5 Å². The van der Waals surface area contributed by atoms with Crippen LogP contribution in [0.15, 0.2) is 110 Å². The quantitative estimate of drug-likeness (QED) is 0.231. The van der Waals surface area contributed by atoms with Gasteiger partial charge in [0.25, 0.3) is 0 Å². The third-order valence-electron chi connectivity index (χ3n) is 7.43. The number of aromatic nitrogens is 5. The van der Waals surface area contributed by atoms with Gasteiger partial charge in [-0.05, 0) is 60.0 Å². The molecule has 0 spiro atoms. The number of nitrogens with zero attached hydrogens (tertiary/aromatic N) is 7. The summed E-state index contributed by atoms with van der Waals surface area (Å²) >= 11 is 0. The van der Waals surface area contributed by atoms with Crippen LogP contribution in [0.25, 0.3) is 61.4 Å². The minimum Gasteiger partial charge on any atom is -0.309 e. The minimum atomic E-state index is 0.382. The molecule has 0 fully saturated rings. The summed E-state index contributed by atoms with van der Waals surface area (Å²) in [4.78, 5) is 17.9. The van der Waals surface area contributed by atoms with Crippen LogP contribution in [0.5, 0.6) is 0 Å². The monoisotopic (exact) mass is 539 g/mol. The lowest BCUT2D eigenvalue weighted by Gasteiger charge is -2.15. The van der Waals surface area contributed by atoms with E-state index in [-0.39, 0.29) is 0 Å². The Hall–Kier alpha value is -6.18. The summed E-state index contributed by atoms with van der Waals surface area (Å²) in [5.41, 5.74) is 8.85. The van der Waals surface area contributed by atoms with Crippen LogP contribution in [0.1, 0.15) is 16.7 Å². The second kappa shape index (κ2) is 10.1. The molecule has 0 saturated heterocycles. The number of para-hydroxylation sites is 1. The van der Waals surface area contributed by atoms with Crippen molar-refractivity contribution in [2.45, 2.75) is 6.92 Å². The van der Waals surface area contributed by atoms with Gasteiger partial charge in [-0.2, -0.15) is 10.5 Å². The Kier molecular flexibility index (Phi) is 5.97. The zero-order valence-electron chi connectivity index (χ0n) is 22.5. The van der Waals surface area contributed by atoms with Crippen molar-refractivity contribution in [3.05, 3.63) is 126 Å². The second-order valence-electron chi connectivity index (χ2n) is 9.95. The van der Waals surface area contributed by atoms with E-state index in [4.69, 9.17) is 0 Å². The smallest absolute Gasteiger partial charge is 0.161 e. The average molecular weight is 540 g/mol. The first-order chi connectivity index (χ1) is 20.6. The van der Waals surface area contributed by atoms with Crippen LogP contribution in [-0.2, 0) is 0 Å². The zero-order chi connectivity index (χ0) is 28.6. The molecule has 7 aromatic rings. The van der Waals surface area contributed by atoms with Crippen LogP contribution >= 0.6 is 0 Å². The normalized spacial score (nSPS) is 10.9. The summed E-state index contributed by atoms with van der Waals surface area (Å²) < 4.78 is 2.23. The lowest BCUT2D eigenvalue weighted by molar-refractivity contribution is 1.12. The molecule has 196 valence electrons. The predicted molar refractivity (Wildman–Crippen MR) is 162 cm³/mol. The van der Waals surface area contributed by atoms with Gasteiger partial charge in [0, 0.05) is 46.7 Å². The van der Waals surface area contributed by atoms with E-state index >= 15 is 0 Å². The number of nitriles is 2. The summed E-state index contributed by atoms with van der Waals surface area (Å²) in [5, 5.41) is 20.8. The summed E-state index contributed by atoms with van der Waals surface area (Å²) in [6.45, 7) is 2.13. The number of rotatable bonds is 4. The Morgan fingerprint density at radius 1 is 0.571 bits per heavy atom. The predicted octanol–water partition coefficient (Wildman–Crippen LogP) is 7.42. The Morgan fingerprint density at radius 2 is 1.19 bits per heavy atom. The van der Waals surface area contributed by atoms with Gasteiger partial charge in [-0.15, -0.1) is 0 Å². The molecule has 0 atom stereocenters. The second-order valence-corrected chi connectivity index (χ2v) is 9.95. The van der Waals surface area contributed by atoms with Gasteiger partial charge in [0.2, 0.25) is 0 Å². The molecule has 0 aliphatic carbocycles. The van der Waals surface area contributed by atoms with Gasteiger partial charge in [-0.25, -0.2) is 19.9 Å². The number of aryl methyl sites for hydroxylation is 1. The van der Waals surface area contributed by atoms with Crippen molar-refractivity contribution in [2.24, 2.45) is 0 Å². The molecular weight excluding hydrogens is 518 g/mol. The summed E-state index contributed by atoms with van der Waals surface area (Å²) in [7, 11) is 0. The standard InChI is InChI=1S/C35H21N7/c1-22-6-2-3-7-27(22)25-10-12-32-29(14-25)28-8-4-5-9-31(28)42(32)33-13-11-26(34-38-18-23(16-36)19-39-34)15-30(33)35-40-20-24(17-37)21-41-35/h2-15,18-21H,1H3. The van der Waals surface area contributed by atoms with E-state index in [1.807, 2.05) is 24.3 Å². The third-order valence-corrected chi connectivity index (χ3v) is 7.43. The first-order valence-electron chi connectivity index (χ1n) is 13.3. The highest BCUT2D eigenvalue weighted by molar-refractivity contribution is 6.11. The lowest BCUT2D eigenvalue weighted by Crippen LogP contribution is -2.01. The van der Waals surface area contributed by atoms with Gasteiger partial charge < -0.3 is 4.57 Å². The summed E-state index contributed by atoms with van der Waals surface area (Å²) in [6, 6.07) is 33.4. The minimum absolute atomic E-state index is 0.382. The van der Waals surface area contributed by atoms with Gasteiger partial charge in [-0.1, -0.05) is 48.5 Å². The van der Waals surface area contributed by atoms with Crippen molar-refractivity contribution in [3.8, 4) is 51.7 Å². The summed E-state index contributed by atoms with van der Waals surface area (Å²) in [6.07, 6.45) is 6.06. The highest BCUT2D eigenvalue weighted by atomic mass is 15.0. The summed E-state index contributed by atoms with van der Waals surface area (Å²) in [5.74, 6) is 0.961. The van der Waals surface area contributed by atoms with Crippen LogP contribution in [0.3, 0.4) is 0 Å². The van der Waals surface area contributed by atoms with Crippen LogP contribution in [-0.4, -0.2) is 24.5 Å². The average Bonchev–Trinajstić information content (AvgIpc) is 3.38. The molecule has 7 heteroatoms. The first kappa shape index (κ1) is 24.8. The van der Waals surface area contributed by atoms with Gasteiger partial charge in [0.15, 0.2) is 11.6 Å². The fourth-order valence-electron chi connectivity index (χ4n) is 5.41. The van der Waals surface area contributed by atoms with E-state index < -0.39 is 0 Å². The van der Waals surface area contributed by atoms with Crippen molar-refractivity contribution < 1.29 is 0 Å². The molecule has 0 radical (unpaired) electrons. The molecule has 0 aliphatic rings. The van der Waals surface area contributed by atoms with E-state index in [0.29, 0.717) is 22.8 Å². The molecule has 0 unspecified atom stereocenters. The fourth-order valence-corrected chi connectivity index (χ4v) is 5.41. The SMILES string of the molecule is Cc1ccccc1-c1ccc2c(c1)c1ccccc1n2-c1ccc(-c2ncc(C#N)cn2)cc1-c1ncc(C#N)cn1. The number of fused-ring (bicyclic) bond motifs is 3.